The molecule has 5 nitrogen and oxygen atoms in total. The molecule has 1 aromatic carbocycles. The van der Waals surface area contributed by atoms with Crippen molar-refractivity contribution in [2.24, 2.45) is 5.92 Å². The van der Waals surface area contributed by atoms with Gasteiger partial charge in [0.2, 0.25) is 0 Å². The third kappa shape index (κ3) is 2.66. The number of hydrogen-bond donors (Lipinski definition) is 1. The Labute approximate surface area is 128 Å². The molecule has 1 N–H and O–H groups in total. The maximum absolute atomic E-state index is 12.8. The zero-order valence-electron chi connectivity index (χ0n) is 12.5. The number of likely N-dealkylation sites (tertiary alicyclic amines) is 1. The minimum Gasteiger partial charge on any atom is -0.481 e. The zero-order valence-corrected chi connectivity index (χ0v) is 12.5. The number of fused-ring (bicyclic) bond motifs is 1. The number of nitrogens with zero attached hydrogens (tertiary/aromatic N) is 2. The molecule has 22 heavy (non-hydrogen) atoms. The number of carbonyl (C=O) groups excluding carboxylic acids is 1. The first kappa shape index (κ1) is 14.5. The molecule has 114 valence electrons. The molecule has 1 aromatic heterocycles. The van der Waals surface area contributed by atoms with Crippen molar-refractivity contribution in [2.75, 3.05) is 13.1 Å². The third-order valence-corrected chi connectivity index (χ3v) is 4.13. The van der Waals surface area contributed by atoms with Crippen molar-refractivity contribution in [1.82, 2.24) is 9.88 Å². The van der Waals surface area contributed by atoms with E-state index in [-0.39, 0.29) is 12.5 Å². The van der Waals surface area contributed by atoms with Crippen molar-refractivity contribution < 1.29 is 14.7 Å². The highest BCUT2D eigenvalue weighted by molar-refractivity contribution is 6.05. The van der Waals surface area contributed by atoms with Crippen molar-refractivity contribution in [1.29, 1.82) is 0 Å². The first-order valence-electron chi connectivity index (χ1n) is 7.45. The summed E-state index contributed by atoms with van der Waals surface area (Å²) in [4.78, 5) is 30.0. The second kappa shape index (κ2) is 5.75. The van der Waals surface area contributed by atoms with Gasteiger partial charge in [-0.1, -0.05) is 24.3 Å². The molecule has 0 saturated carbocycles. The Hall–Kier alpha value is -2.43. The molecule has 1 amide bonds. The molecule has 5 heteroatoms. The van der Waals surface area contributed by atoms with Crippen molar-refractivity contribution in [3.8, 4) is 0 Å². The summed E-state index contributed by atoms with van der Waals surface area (Å²) in [5.74, 6) is -1.49. The lowest BCUT2D eigenvalue weighted by atomic mass is 9.97. The van der Waals surface area contributed by atoms with Gasteiger partial charge in [0.25, 0.3) is 5.91 Å². The lowest BCUT2D eigenvalue weighted by Crippen LogP contribution is -2.42. The van der Waals surface area contributed by atoms with E-state index < -0.39 is 11.9 Å². The predicted octanol–water partition coefficient (Wildman–Crippen LogP) is 2.48. The van der Waals surface area contributed by atoms with Crippen LogP contribution in [0.3, 0.4) is 0 Å². The van der Waals surface area contributed by atoms with E-state index in [1.807, 2.05) is 37.3 Å². The minimum atomic E-state index is -0.834. The first-order valence-corrected chi connectivity index (χ1v) is 7.45. The average Bonchev–Trinajstić information content (AvgIpc) is 2.53. The smallest absolute Gasteiger partial charge is 0.308 e. The maximum Gasteiger partial charge on any atom is 0.308 e. The highest BCUT2D eigenvalue weighted by Gasteiger charge is 2.29. The van der Waals surface area contributed by atoms with Crippen LogP contribution >= 0.6 is 0 Å². The van der Waals surface area contributed by atoms with Gasteiger partial charge in [0, 0.05) is 24.2 Å². The molecule has 0 spiro atoms. The van der Waals surface area contributed by atoms with E-state index in [2.05, 4.69) is 4.98 Å². The van der Waals surface area contributed by atoms with E-state index in [0.29, 0.717) is 25.1 Å². The molecule has 2 heterocycles. The van der Waals surface area contributed by atoms with Gasteiger partial charge in [-0.15, -0.1) is 0 Å². The van der Waals surface area contributed by atoms with E-state index in [4.69, 9.17) is 0 Å². The fourth-order valence-corrected chi connectivity index (χ4v) is 3.01. The Balaban J connectivity index is 1.97. The Bertz CT molecular complexity index is 742. The highest BCUT2D eigenvalue weighted by Crippen LogP contribution is 2.23. The number of aromatic nitrogens is 1. The van der Waals surface area contributed by atoms with E-state index in [9.17, 15) is 14.7 Å². The van der Waals surface area contributed by atoms with Crippen molar-refractivity contribution in [3.63, 3.8) is 0 Å². The van der Waals surface area contributed by atoms with Crippen molar-refractivity contribution in [3.05, 3.63) is 41.7 Å². The number of aliphatic carboxylic acids is 1. The van der Waals surface area contributed by atoms with Gasteiger partial charge in [0.05, 0.1) is 5.92 Å². The topological polar surface area (TPSA) is 70.5 Å². The monoisotopic (exact) mass is 298 g/mol. The molecule has 1 fully saturated rings. The number of piperidine rings is 1. The van der Waals surface area contributed by atoms with Crippen LogP contribution in [0.4, 0.5) is 0 Å². The Morgan fingerprint density at radius 1 is 1.32 bits per heavy atom. The number of hydrogen-bond acceptors (Lipinski definition) is 3. The van der Waals surface area contributed by atoms with Gasteiger partial charge in [-0.05, 0) is 31.2 Å². The number of rotatable bonds is 2. The lowest BCUT2D eigenvalue weighted by Gasteiger charge is -2.30. The van der Waals surface area contributed by atoms with Crippen LogP contribution in [0.2, 0.25) is 0 Å². The summed E-state index contributed by atoms with van der Waals surface area (Å²) in [6.45, 7) is 2.71. The minimum absolute atomic E-state index is 0.175. The normalized spacial score (nSPS) is 18.4. The van der Waals surface area contributed by atoms with E-state index in [0.717, 1.165) is 16.5 Å². The SMILES string of the molecule is Cc1cc2ccccc2c(C(=O)N2CCCC(C(=O)O)C2)n1. The van der Waals surface area contributed by atoms with Crippen LogP contribution in [0.25, 0.3) is 10.8 Å². The number of benzene rings is 1. The van der Waals surface area contributed by atoms with Gasteiger partial charge in [-0.3, -0.25) is 9.59 Å². The van der Waals surface area contributed by atoms with Gasteiger partial charge in [-0.2, -0.15) is 0 Å². The average molecular weight is 298 g/mol. The summed E-state index contributed by atoms with van der Waals surface area (Å²) in [5, 5.41) is 11.0. The quantitative estimate of drug-likeness (QED) is 0.924. The molecule has 1 saturated heterocycles. The fraction of sp³-hybridized carbons (Fsp3) is 0.353. The fourth-order valence-electron chi connectivity index (χ4n) is 3.01. The molecule has 2 aromatic rings. The molecule has 1 unspecified atom stereocenters. The van der Waals surface area contributed by atoms with Gasteiger partial charge >= 0.3 is 5.97 Å². The van der Waals surface area contributed by atoms with Crippen LogP contribution in [0, 0.1) is 12.8 Å². The van der Waals surface area contributed by atoms with Crippen LogP contribution in [-0.2, 0) is 4.79 Å². The van der Waals surface area contributed by atoms with Crippen LogP contribution in [-0.4, -0.2) is 40.0 Å². The predicted molar refractivity (Wildman–Crippen MR) is 82.7 cm³/mol. The van der Waals surface area contributed by atoms with Crippen molar-refractivity contribution in [2.45, 2.75) is 19.8 Å². The summed E-state index contributed by atoms with van der Waals surface area (Å²) < 4.78 is 0. The summed E-state index contributed by atoms with van der Waals surface area (Å²) in [7, 11) is 0. The standard InChI is InChI=1S/C17H18N2O3/c1-11-9-12-5-2-3-7-14(12)15(18-11)16(20)19-8-4-6-13(10-19)17(21)22/h2-3,5,7,9,13H,4,6,8,10H2,1H3,(H,21,22). The maximum atomic E-state index is 12.8. The molecule has 0 aliphatic carbocycles. The molecule has 1 aliphatic rings. The van der Waals surface area contributed by atoms with Gasteiger partial charge in [0.1, 0.15) is 5.69 Å². The van der Waals surface area contributed by atoms with E-state index in [1.54, 1.807) is 4.90 Å². The van der Waals surface area contributed by atoms with Gasteiger partial charge in [-0.25, -0.2) is 4.98 Å². The molecular formula is C17H18N2O3. The van der Waals surface area contributed by atoms with Gasteiger partial charge in [0.15, 0.2) is 0 Å². The summed E-state index contributed by atoms with van der Waals surface area (Å²) in [5.41, 5.74) is 1.20. The number of carbonyl (C=O) groups is 2. The van der Waals surface area contributed by atoms with Crippen LogP contribution in [0.1, 0.15) is 29.0 Å². The first-order chi connectivity index (χ1) is 10.6. The Morgan fingerprint density at radius 3 is 2.86 bits per heavy atom. The van der Waals surface area contributed by atoms with E-state index >= 15 is 0 Å². The van der Waals surface area contributed by atoms with Gasteiger partial charge < -0.3 is 10.0 Å². The second-order valence-electron chi connectivity index (χ2n) is 5.76. The number of aryl methyl sites for hydroxylation is 1. The van der Waals surface area contributed by atoms with Crippen LogP contribution < -0.4 is 0 Å². The lowest BCUT2D eigenvalue weighted by molar-refractivity contribution is -0.143. The number of carboxylic acid groups (broad SMARTS) is 1. The number of pyridine rings is 1. The Morgan fingerprint density at radius 2 is 2.09 bits per heavy atom. The molecule has 0 radical (unpaired) electrons. The third-order valence-electron chi connectivity index (χ3n) is 4.13. The summed E-state index contributed by atoms with van der Waals surface area (Å²) in [6, 6.07) is 9.59. The molecule has 3 rings (SSSR count). The van der Waals surface area contributed by atoms with E-state index in [1.165, 1.54) is 0 Å². The highest BCUT2D eigenvalue weighted by atomic mass is 16.4. The van der Waals surface area contributed by atoms with Crippen molar-refractivity contribution >= 4 is 22.6 Å². The van der Waals surface area contributed by atoms with Crippen LogP contribution in [0.5, 0.6) is 0 Å². The zero-order chi connectivity index (χ0) is 15.7. The Kier molecular flexibility index (Phi) is 3.79. The molecular weight excluding hydrogens is 280 g/mol. The molecule has 1 aliphatic heterocycles. The number of amides is 1. The largest absolute Gasteiger partial charge is 0.481 e. The van der Waals surface area contributed by atoms with Crippen LogP contribution in [0.15, 0.2) is 30.3 Å². The summed E-state index contributed by atoms with van der Waals surface area (Å²) in [6.07, 6.45) is 1.34. The number of carboxylic acids is 1. The second-order valence-corrected chi connectivity index (χ2v) is 5.76. The molecule has 1 atom stereocenters. The summed E-state index contributed by atoms with van der Waals surface area (Å²) >= 11 is 0. The molecule has 0 bridgehead atoms.